The van der Waals surface area contributed by atoms with Gasteiger partial charge >= 0.3 is 5.97 Å². The molecule has 3 rings (SSSR count). The van der Waals surface area contributed by atoms with E-state index in [4.69, 9.17) is 16.3 Å². The van der Waals surface area contributed by atoms with Gasteiger partial charge in [0.05, 0.1) is 10.5 Å². The van der Waals surface area contributed by atoms with Crippen LogP contribution in [0.2, 0.25) is 5.02 Å². The Bertz CT molecular complexity index is 1060. The largest absolute Gasteiger partial charge is 0.452 e. The minimum atomic E-state index is -3.67. The summed E-state index contributed by atoms with van der Waals surface area (Å²) < 4.78 is 32.4. The normalized spacial score (nSPS) is 14.7. The molecular formula is C23H27ClN2O5S. The van der Waals surface area contributed by atoms with Crippen molar-refractivity contribution in [1.82, 2.24) is 9.62 Å². The number of nitrogens with zero attached hydrogens (tertiary/aromatic N) is 1. The Labute approximate surface area is 193 Å². The molecule has 1 amide bonds. The molecule has 2 aromatic carbocycles. The van der Waals surface area contributed by atoms with Crippen LogP contribution in [0.15, 0.2) is 47.4 Å². The van der Waals surface area contributed by atoms with Gasteiger partial charge in [0.2, 0.25) is 10.0 Å². The highest BCUT2D eigenvalue weighted by atomic mass is 35.5. The molecule has 1 heterocycles. The van der Waals surface area contributed by atoms with Crippen LogP contribution in [-0.2, 0) is 26.0 Å². The first-order valence-corrected chi connectivity index (χ1v) is 12.4. The number of carbonyl (C=O) groups is 2. The van der Waals surface area contributed by atoms with Crippen molar-refractivity contribution in [3.05, 3.63) is 64.2 Å². The maximum Gasteiger partial charge on any atom is 0.338 e. The Kier molecular flexibility index (Phi) is 8.28. The summed E-state index contributed by atoms with van der Waals surface area (Å²) in [5, 5.41) is 3.34. The number of hydrogen-bond acceptors (Lipinski definition) is 5. The molecule has 0 bridgehead atoms. The van der Waals surface area contributed by atoms with E-state index in [1.54, 1.807) is 25.1 Å². The summed E-state index contributed by atoms with van der Waals surface area (Å²) >= 11 is 5.85. The fourth-order valence-electron chi connectivity index (χ4n) is 3.49. The van der Waals surface area contributed by atoms with Crippen molar-refractivity contribution in [2.45, 2.75) is 37.5 Å². The quantitative estimate of drug-likeness (QED) is 0.587. The number of hydrogen-bond donors (Lipinski definition) is 1. The SMILES string of the molecule is Cc1ccc(S(=O)(=O)N2CCCCC2)cc1C(=O)OCC(=O)NCCc1ccc(Cl)cc1. The predicted octanol–water partition coefficient (Wildman–Crippen LogP) is 3.34. The zero-order valence-electron chi connectivity index (χ0n) is 18.0. The highest BCUT2D eigenvalue weighted by molar-refractivity contribution is 7.89. The van der Waals surface area contributed by atoms with E-state index in [2.05, 4.69) is 5.32 Å². The number of nitrogens with one attached hydrogen (secondary N) is 1. The molecule has 0 saturated carbocycles. The van der Waals surface area contributed by atoms with Crippen LogP contribution >= 0.6 is 11.6 Å². The van der Waals surface area contributed by atoms with Gasteiger partial charge in [-0.2, -0.15) is 4.31 Å². The fraction of sp³-hybridized carbons (Fsp3) is 0.391. The van der Waals surface area contributed by atoms with Crippen LogP contribution in [-0.4, -0.2) is 50.8 Å². The van der Waals surface area contributed by atoms with E-state index in [0.717, 1.165) is 24.8 Å². The van der Waals surface area contributed by atoms with E-state index in [1.165, 1.54) is 16.4 Å². The Morgan fingerprint density at radius 2 is 1.75 bits per heavy atom. The molecule has 1 saturated heterocycles. The van der Waals surface area contributed by atoms with Crippen LogP contribution in [0.25, 0.3) is 0 Å². The third kappa shape index (κ3) is 6.31. The Balaban J connectivity index is 1.55. The molecule has 0 unspecified atom stereocenters. The van der Waals surface area contributed by atoms with E-state index >= 15 is 0 Å². The summed E-state index contributed by atoms with van der Waals surface area (Å²) in [6.45, 7) is 2.60. The fourth-order valence-corrected chi connectivity index (χ4v) is 5.16. The van der Waals surface area contributed by atoms with Gasteiger partial charge in [0.15, 0.2) is 6.61 Å². The average Bonchev–Trinajstić information content (AvgIpc) is 2.79. The third-order valence-electron chi connectivity index (χ3n) is 5.37. The molecular weight excluding hydrogens is 452 g/mol. The monoisotopic (exact) mass is 478 g/mol. The summed E-state index contributed by atoms with van der Waals surface area (Å²) in [6, 6.07) is 11.7. The lowest BCUT2D eigenvalue weighted by Crippen LogP contribution is -2.35. The molecule has 0 radical (unpaired) electrons. The first-order valence-electron chi connectivity index (χ1n) is 10.6. The number of amides is 1. The van der Waals surface area contributed by atoms with Crippen molar-refractivity contribution in [2.75, 3.05) is 26.2 Å². The van der Waals surface area contributed by atoms with E-state index in [9.17, 15) is 18.0 Å². The molecule has 32 heavy (non-hydrogen) atoms. The lowest BCUT2D eigenvalue weighted by Gasteiger charge is -2.26. The van der Waals surface area contributed by atoms with E-state index in [1.807, 2.05) is 12.1 Å². The zero-order chi connectivity index (χ0) is 23.1. The number of carbonyl (C=O) groups excluding carboxylic acids is 2. The van der Waals surface area contributed by atoms with Crippen LogP contribution in [0.5, 0.6) is 0 Å². The van der Waals surface area contributed by atoms with Gasteiger partial charge in [0.25, 0.3) is 5.91 Å². The maximum absolute atomic E-state index is 12.9. The number of halogens is 1. The first kappa shape index (κ1) is 24.2. The van der Waals surface area contributed by atoms with Gasteiger partial charge in [-0.15, -0.1) is 0 Å². The molecule has 0 atom stereocenters. The number of sulfonamides is 1. The van der Waals surface area contributed by atoms with Crippen LogP contribution in [0.4, 0.5) is 0 Å². The lowest BCUT2D eigenvalue weighted by atomic mass is 10.1. The predicted molar refractivity (Wildman–Crippen MR) is 122 cm³/mol. The van der Waals surface area contributed by atoms with Crippen LogP contribution in [0.3, 0.4) is 0 Å². The molecule has 0 spiro atoms. The second-order valence-corrected chi connectivity index (χ2v) is 10.1. The second-order valence-electron chi connectivity index (χ2n) is 7.74. The molecule has 1 aliphatic rings. The van der Waals surface area contributed by atoms with Crippen molar-refractivity contribution in [3.8, 4) is 0 Å². The smallest absolute Gasteiger partial charge is 0.338 e. The van der Waals surface area contributed by atoms with Gasteiger partial charge in [-0.3, -0.25) is 4.79 Å². The Morgan fingerprint density at radius 1 is 1.06 bits per heavy atom. The molecule has 0 aromatic heterocycles. The number of ether oxygens (including phenoxy) is 1. The van der Waals surface area contributed by atoms with Crippen molar-refractivity contribution in [3.63, 3.8) is 0 Å². The van der Waals surface area contributed by atoms with Crippen molar-refractivity contribution in [2.24, 2.45) is 0 Å². The first-order chi connectivity index (χ1) is 15.3. The van der Waals surface area contributed by atoms with Gasteiger partial charge in [-0.1, -0.05) is 36.2 Å². The minimum Gasteiger partial charge on any atom is -0.452 e. The van der Waals surface area contributed by atoms with Gasteiger partial charge < -0.3 is 10.1 Å². The summed E-state index contributed by atoms with van der Waals surface area (Å²) in [4.78, 5) is 24.6. The molecule has 1 N–H and O–H groups in total. The number of piperidine rings is 1. The number of benzene rings is 2. The standard InChI is InChI=1S/C23H27ClN2O5S/c1-17-5-10-20(32(29,30)26-13-3-2-4-14-26)15-21(17)23(28)31-16-22(27)25-12-11-18-6-8-19(24)9-7-18/h5-10,15H,2-4,11-14,16H2,1H3,(H,25,27). The third-order valence-corrected chi connectivity index (χ3v) is 7.51. The number of esters is 1. The summed E-state index contributed by atoms with van der Waals surface area (Å²) in [5.41, 5.74) is 1.74. The minimum absolute atomic E-state index is 0.0596. The molecule has 9 heteroatoms. The van der Waals surface area contributed by atoms with Gasteiger partial charge in [0.1, 0.15) is 0 Å². The molecule has 1 aliphatic heterocycles. The zero-order valence-corrected chi connectivity index (χ0v) is 19.5. The summed E-state index contributed by atoms with van der Waals surface area (Å²) in [7, 11) is -3.67. The van der Waals surface area contributed by atoms with Gasteiger partial charge in [0, 0.05) is 24.7 Å². The molecule has 2 aromatic rings. The molecule has 1 fully saturated rings. The molecule has 172 valence electrons. The Hall–Kier alpha value is -2.42. The summed E-state index contributed by atoms with van der Waals surface area (Å²) in [6.07, 6.45) is 3.28. The second kappa shape index (κ2) is 10.9. The van der Waals surface area contributed by atoms with Crippen molar-refractivity contribution < 1.29 is 22.7 Å². The van der Waals surface area contributed by atoms with Crippen molar-refractivity contribution >= 4 is 33.5 Å². The van der Waals surface area contributed by atoms with Gasteiger partial charge in [-0.25, -0.2) is 13.2 Å². The highest BCUT2D eigenvalue weighted by Gasteiger charge is 2.27. The average molecular weight is 479 g/mol. The topological polar surface area (TPSA) is 92.8 Å². The van der Waals surface area contributed by atoms with Crippen LogP contribution in [0, 0.1) is 6.92 Å². The van der Waals surface area contributed by atoms with Crippen LogP contribution in [0.1, 0.15) is 40.7 Å². The maximum atomic E-state index is 12.9. The number of aryl methyl sites for hydroxylation is 1. The number of rotatable bonds is 8. The van der Waals surface area contributed by atoms with Crippen LogP contribution < -0.4 is 5.32 Å². The van der Waals surface area contributed by atoms with E-state index in [0.29, 0.717) is 36.6 Å². The lowest BCUT2D eigenvalue weighted by molar-refractivity contribution is -0.124. The van der Waals surface area contributed by atoms with Crippen molar-refractivity contribution in [1.29, 1.82) is 0 Å². The molecule has 0 aliphatic carbocycles. The summed E-state index contributed by atoms with van der Waals surface area (Å²) in [5.74, 6) is -1.16. The Morgan fingerprint density at radius 3 is 2.44 bits per heavy atom. The van der Waals surface area contributed by atoms with Gasteiger partial charge in [-0.05, 0) is 61.6 Å². The highest BCUT2D eigenvalue weighted by Crippen LogP contribution is 2.23. The van der Waals surface area contributed by atoms with E-state index < -0.39 is 28.5 Å². The van der Waals surface area contributed by atoms with E-state index in [-0.39, 0.29) is 10.5 Å². The molecule has 7 nitrogen and oxygen atoms in total.